The maximum absolute atomic E-state index is 14.9. The number of carbonyl (C=O) groups is 7. The summed E-state index contributed by atoms with van der Waals surface area (Å²) in [6, 6.07) is 9.62. The van der Waals surface area contributed by atoms with Gasteiger partial charge in [-0.2, -0.15) is 0 Å². The Morgan fingerprint density at radius 1 is 0.859 bits per heavy atom. The number of likely N-dealkylation sites (N-methyl/N-ethyl adjacent to an activating group) is 1. The Hall–Kier alpha value is -6.26. The van der Waals surface area contributed by atoms with Gasteiger partial charge in [0.2, 0.25) is 41.4 Å². The van der Waals surface area contributed by atoms with Crippen LogP contribution < -0.4 is 21.3 Å². The van der Waals surface area contributed by atoms with Crippen LogP contribution in [0.2, 0.25) is 0 Å². The first kappa shape index (κ1) is 64.3. The van der Waals surface area contributed by atoms with Crippen LogP contribution in [0.1, 0.15) is 129 Å². The Morgan fingerprint density at radius 3 is 2.17 bits per heavy atom. The lowest BCUT2D eigenvalue weighted by Crippen LogP contribution is -2.59. The average Bonchev–Trinajstić information content (AvgIpc) is 4.14. The summed E-state index contributed by atoms with van der Waals surface area (Å²) in [4.78, 5) is 113. The molecule has 21 nitrogen and oxygen atoms in total. The molecular formula is C56H85N10O11S-. The molecule has 6 N–H and O–H groups in total. The molecule has 4 rings (SSSR count). The molecule has 0 spiro atoms. The number of amides is 7. The van der Waals surface area contributed by atoms with Gasteiger partial charge in [-0.25, -0.2) is 13.4 Å². The molecule has 1 aliphatic heterocycles. The first-order chi connectivity index (χ1) is 37.0. The van der Waals surface area contributed by atoms with E-state index in [0.717, 1.165) is 5.56 Å². The monoisotopic (exact) mass is 1110 g/mol. The Labute approximate surface area is 461 Å². The quantitative estimate of drug-likeness (QED) is 0.0376. The first-order valence-corrected chi connectivity index (χ1v) is 29.1. The number of benzene rings is 1. The third-order valence-corrected chi connectivity index (χ3v) is 15.3. The molecule has 1 fully saturated rings. The van der Waals surface area contributed by atoms with Gasteiger partial charge in [-0.05, 0) is 74.0 Å². The molecule has 3 heterocycles. The zero-order chi connectivity index (χ0) is 57.5. The van der Waals surface area contributed by atoms with Gasteiger partial charge in [-0.1, -0.05) is 97.2 Å². The van der Waals surface area contributed by atoms with Gasteiger partial charge in [0.05, 0.1) is 46.6 Å². The first-order valence-electron chi connectivity index (χ1n) is 27.5. The minimum absolute atomic E-state index is 0.00573. The molecule has 7 amide bonds. The van der Waals surface area contributed by atoms with Crippen molar-refractivity contribution in [3.63, 3.8) is 0 Å². The van der Waals surface area contributed by atoms with Crippen LogP contribution in [0.25, 0.3) is 0 Å². The molecule has 3 aromatic rings. The number of aromatic nitrogens is 3. The minimum atomic E-state index is -4.44. The summed E-state index contributed by atoms with van der Waals surface area (Å²) in [5.41, 5.74) is 1.95. The number of hydrogen-bond donors (Lipinski definition) is 6. The van der Waals surface area contributed by atoms with Gasteiger partial charge in [0.15, 0.2) is 0 Å². The third-order valence-electron chi connectivity index (χ3n) is 14.6. The van der Waals surface area contributed by atoms with Gasteiger partial charge in [0, 0.05) is 76.9 Å². The topological polar surface area (TPSA) is 296 Å². The highest BCUT2D eigenvalue weighted by molar-refractivity contribution is 7.85. The second kappa shape index (κ2) is 32.0. The van der Waals surface area contributed by atoms with E-state index in [-0.39, 0.29) is 80.7 Å². The molecular weight excluding hydrogens is 1020 g/mol. The fourth-order valence-corrected chi connectivity index (χ4v) is 10.1. The van der Waals surface area contributed by atoms with Crippen LogP contribution in [0.15, 0.2) is 67.3 Å². The number of aliphatic hydroxyl groups excluding tert-OH is 1. The van der Waals surface area contributed by atoms with Crippen molar-refractivity contribution >= 4 is 51.5 Å². The number of rotatable bonds is 33. The highest BCUT2D eigenvalue weighted by atomic mass is 32.2. The molecule has 2 aromatic heterocycles. The Balaban J connectivity index is 1.48. The summed E-state index contributed by atoms with van der Waals surface area (Å²) in [6.07, 6.45) is 7.98. The molecule has 0 saturated carbocycles. The maximum atomic E-state index is 14.9. The Bertz CT molecular complexity index is 2480. The normalized spacial score (nSPS) is 16.3. The molecule has 8 atom stereocenters. The number of imidazole rings is 1. The van der Waals surface area contributed by atoms with E-state index in [4.69, 9.17) is 0 Å². The lowest BCUT2D eigenvalue weighted by atomic mass is 9.85. The van der Waals surface area contributed by atoms with E-state index in [0.29, 0.717) is 69.3 Å². The van der Waals surface area contributed by atoms with Crippen LogP contribution in [0.3, 0.4) is 0 Å². The summed E-state index contributed by atoms with van der Waals surface area (Å²) < 4.78 is 32.8. The molecule has 0 radical (unpaired) electrons. The number of aliphatic hydroxyl groups is 1. The summed E-state index contributed by atoms with van der Waals surface area (Å²) in [5.74, 6) is -4.81. The van der Waals surface area contributed by atoms with E-state index in [2.05, 4.69) is 36.2 Å². The Morgan fingerprint density at radius 2 is 1.55 bits per heavy atom. The molecule has 1 unspecified atom stereocenters. The SMILES string of the molecule is CC[C@H](C)[C@H](NC(=O)[C@@H](CC(O)[C@H](CC(C)C)NC(=O)[C@H](Cc1cnc[nH]1)N(C)C(=O)[C@H](Cc1ccccc1)NC(=O)[C@@H]1CCCN1C(=O)CCCCCCC(=O)N(C)CCS(=O)(=O)[O-])C(C)C)C(=O)NCc1ccccn1. The molecule has 22 heteroatoms. The van der Waals surface area contributed by atoms with E-state index in [1.807, 2.05) is 77.9 Å². The van der Waals surface area contributed by atoms with Gasteiger partial charge in [0.25, 0.3) is 0 Å². The number of likely N-dealkylation sites (tertiary alicyclic amines) is 1. The van der Waals surface area contributed by atoms with Crippen molar-refractivity contribution in [2.24, 2.45) is 23.7 Å². The number of nitrogens with zero attached hydrogens (tertiary/aromatic N) is 5. The van der Waals surface area contributed by atoms with Crippen LogP contribution in [0, 0.1) is 23.7 Å². The average molecular weight is 1110 g/mol. The molecule has 78 heavy (non-hydrogen) atoms. The predicted octanol–water partition coefficient (Wildman–Crippen LogP) is 3.64. The lowest BCUT2D eigenvalue weighted by molar-refractivity contribution is -0.144. The summed E-state index contributed by atoms with van der Waals surface area (Å²) >= 11 is 0. The summed E-state index contributed by atoms with van der Waals surface area (Å²) in [6.45, 7) is 11.8. The van der Waals surface area contributed by atoms with Gasteiger partial charge in [-0.3, -0.25) is 38.5 Å². The lowest BCUT2D eigenvalue weighted by Gasteiger charge is -2.35. The smallest absolute Gasteiger partial charge is 0.245 e. The number of aromatic amines is 1. The fraction of sp³-hybridized carbons (Fsp3) is 0.625. The number of unbranched alkanes of at least 4 members (excludes halogenated alkanes) is 3. The van der Waals surface area contributed by atoms with Gasteiger partial charge in [-0.15, -0.1) is 0 Å². The van der Waals surface area contributed by atoms with Gasteiger partial charge >= 0.3 is 0 Å². The zero-order valence-electron chi connectivity index (χ0n) is 46.8. The molecule has 0 bridgehead atoms. The molecule has 0 aliphatic carbocycles. The van der Waals surface area contributed by atoms with Gasteiger partial charge in [0.1, 0.15) is 24.2 Å². The van der Waals surface area contributed by atoms with Crippen molar-refractivity contribution < 1.29 is 51.6 Å². The highest BCUT2D eigenvalue weighted by Gasteiger charge is 2.40. The number of hydrogen-bond acceptors (Lipinski definition) is 13. The van der Waals surface area contributed by atoms with E-state index < -0.39 is 81.7 Å². The minimum Gasteiger partial charge on any atom is -0.748 e. The number of carbonyl (C=O) groups excluding carboxylic acids is 7. The Kier molecular flexibility index (Phi) is 26.3. The van der Waals surface area contributed by atoms with E-state index in [1.165, 1.54) is 30.2 Å². The number of pyridine rings is 1. The number of nitrogens with one attached hydrogen (secondary N) is 5. The van der Waals surface area contributed by atoms with Crippen molar-refractivity contribution in [3.8, 4) is 0 Å². The second-order valence-corrected chi connectivity index (χ2v) is 23.1. The van der Waals surface area contributed by atoms with Crippen molar-refractivity contribution in [1.29, 1.82) is 0 Å². The van der Waals surface area contributed by atoms with Crippen LogP contribution in [-0.2, 0) is 63.1 Å². The van der Waals surface area contributed by atoms with Gasteiger partial charge < -0.3 is 50.6 Å². The third kappa shape index (κ3) is 21.2. The van der Waals surface area contributed by atoms with E-state index in [9.17, 15) is 51.6 Å². The molecule has 432 valence electrons. The van der Waals surface area contributed by atoms with Crippen molar-refractivity contribution in [2.45, 2.75) is 168 Å². The maximum Gasteiger partial charge on any atom is 0.245 e. The van der Waals surface area contributed by atoms with Crippen molar-refractivity contribution in [3.05, 3.63) is 84.2 Å². The fourth-order valence-electron chi connectivity index (χ4n) is 9.64. The zero-order valence-corrected chi connectivity index (χ0v) is 47.6. The van der Waals surface area contributed by atoms with Crippen molar-refractivity contribution in [2.75, 3.05) is 32.9 Å². The molecule has 1 aromatic carbocycles. The summed E-state index contributed by atoms with van der Waals surface area (Å²) in [7, 11) is -1.50. The van der Waals surface area contributed by atoms with Crippen LogP contribution in [0.4, 0.5) is 0 Å². The predicted molar refractivity (Wildman–Crippen MR) is 293 cm³/mol. The molecule has 1 saturated heterocycles. The van der Waals surface area contributed by atoms with Crippen LogP contribution in [0.5, 0.6) is 0 Å². The summed E-state index contributed by atoms with van der Waals surface area (Å²) in [5, 5.41) is 23.9. The molecule has 1 aliphatic rings. The van der Waals surface area contributed by atoms with Crippen LogP contribution in [-0.4, -0.2) is 158 Å². The largest absolute Gasteiger partial charge is 0.748 e. The van der Waals surface area contributed by atoms with E-state index in [1.54, 1.807) is 29.4 Å². The van der Waals surface area contributed by atoms with Crippen LogP contribution >= 0.6 is 0 Å². The second-order valence-electron chi connectivity index (χ2n) is 21.5. The highest BCUT2D eigenvalue weighted by Crippen LogP contribution is 2.25. The standard InChI is InChI=1S/C56H86N10O11S/c1-9-39(6)51(55(73)59-35-41-22-17-18-26-58-41)63-52(70)43(38(4)5)33-48(67)44(30-37(2)3)61-54(72)47(32-42-34-57-36-60-42)65(8)56(74)45(31-40-20-13-12-14-21-40)62-53(71)46-23-19-27-66(46)50(69)25-16-11-10-15-24-49(68)64(7)28-29-78(75,76)77/h12-14,17-18,20-22,26,34,36-39,43-48,51,67H,9-11,15-16,19,23-25,27-33,35H2,1-8H3,(H,57,60)(H,59,73)(H,61,72)(H,62,71)(H,63,70)(H,75,76,77)/p-1/t39-,43-,44-,45-,46-,47-,48?,51-/m0/s1. The van der Waals surface area contributed by atoms with E-state index >= 15 is 0 Å². The number of H-pyrrole nitrogens is 1. The van der Waals surface area contributed by atoms with Crippen molar-refractivity contribution in [1.82, 2.24) is 50.9 Å².